The van der Waals surface area contributed by atoms with Gasteiger partial charge in [0.05, 0.1) is 5.92 Å². The van der Waals surface area contributed by atoms with E-state index in [4.69, 9.17) is 0 Å². The summed E-state index contributed by atoms with van der Waals surface area (Å²) in [5, 5.41) is 2.86. The van der Waals surface area contributed by atoms with Gasteiger partial charge in [-0.1, -0.05) is 24.3 Å². The van der Waals surface area contributed by atoms with Gasteiger partial charge in [-0.15, -0.1) is 0 Å². The first-order chi connectivity index (χ1) is 8.74. The Morgan fingerprint density at radius 2 is 2.11 bits per heavy atom. The Morgan fingerprint density at radius 1 is 1.28 bits per heavy atom. The molecule has 0 saturated heterocycles. The predicted molar refractivity (Wildman–Crippen MR) is 78.5 cm³/mol. The Balaban J connectivity index is 1.72. The van der Waals surface area contributed by atoms with Crippen LogP contribution in [0.1, 0.15) is 17.0 Å². The summed E-state index contributed by atoms with van der Waals surface area (Å²) in [5.74, 6) is 0.620. The lowest BCUT2D eigenvalue weighted by atomic mass is 9.77. The zero-order valence-electron chi connectivity index (χ0n) is 9.56. The molecule has 1 atom stereocenters. The molecule has 18 heavy (non-hydrogen) atoms. The second-order valence-electron chi connectivity index (χ2n) is 4.31. The molecule has 1 amide bonds. The van der Waals surface area contributed by atoms with Crippen molar-refractivity contribution in [3.8, 4) is 0 Å². The van der Waals surface area contributed by atoms with Crippen molar-refractivity contribution >= 4 is 34.3 Å². The molecule has 0 fully saturated rings. The van der Waals surface area contributed by atoms with Crippen molar-refractivity contribution < 1.29 is 4.79 Å². The van der Waals surface area contributed by atoms with E-state index in [0.29, 0.717) is 5.82 Å². The van der Waals surface area contributed by atoms with Crippen LogP contribution in [0, 0.1) is 3.57 Å². The second-order valence-corrected chi connectivity index (χ2v) is 5.55. The van der Waals surface area contributed by atoms with E-state index in [1.54, 1.807) is 6.20 Å². The Labute approximate surface area is 119 Å². The highest BCUT2D eigenvalue weighted by molar-refractivity contribution is 14.1. The number of halogens is 1. The van der Waals surface area contributed by atoms with Crippen LogP contribution in [-0.4, -0.2) is 10.9 Å². The van der Waals surface area contributed by atoms with Crippen molar-refractivity contribution in [3.05, 3.63) is 57.3 Å². The minimum absolute atomic E-state index is 0.0257. The number of rotatable bonds is 2. The van der Waals surface area contributed by atoms with Crippen LogP contribution < -0.4 is 5.32 Å². The van der Waals surface area contributed by atoms with Gasteiger partial charge >= 0.3 is 0 Å². The van der Waals surface area contributed by atoms with Gasteiger partial charge in [-0.3, -0.25) is 4.79 Å². The maximum absolute atomic E-state index is 12.1. The molecule has 90 valence electrons. The van der Waals surface area contributed by atoms with Crippen LogP contribution in [0.4, 0.5) is 5.82 Å². The minimum atomic E-state index is -0.0257. The van der Waals surface area contributed by atoms with E-state index in [1.807, 2.05) is 30.3 Å². The van der Waals surface area contributed by atoms with E-state index in [2.05, 4.69) is 39.0 Å². The van der Waals surface area contributed by atoms with E-state index in [9.17, 15) is 4.79 Å². The highest BCUT2D eigenvalue weighted by atomic mass is 127. The van der Waals surface area contributed by atoms with Gasteiger partial charge in [0, 0.05) is 9.77 Å². The molecule has 0 bridgehead atoms. The molecular weight excluding hydrogens is 339 g/mol. The maximum Gasteiger partial charge on any atom is 0.233 e. The summed E-state index contributed by atoms with van der Waals surface area (Å²) < 4.78 is 1.06. The first-order valence-corrected chi connectivity index (χ1v) is 6.82. The lowest BCUT2D eigenvalue weighted by molar-refractivity contribution is -0.118. The number of carbonyl (C=O) groups excluding carboxylic acids is 1. The fourth-order valence-electron chi connectivity index (χ4n) is 2.16. The zero-order valence-corrected chi connectivity index (χ0v) is 11.7. The summed E-state index contributed by atoms with van der Waals surface area (Å²) >= 11 is 2.19. The van der Waals surface area contributed by atoms with Crippen molar-refractivity contribution in [1.29, 1.82) is 0 Å². The molecule has 1 unspecified atom stereocenters. The molecule has 1 heterocycles. The zero-order chi connectivity index (χ0) is 12.5. The molecule has 4 heteroatoms. The number of amides is 1. The summed E-state index contributed by atoms with van der Waals surface area (Å²) in [4.78, 5) is 16.3. The fourth-order valence-corrected chi connectivity index (χ4v) is 2.47. The van der Waals surface area contributed by atoms with Gasteiger partial charge < -0.3 is 5.32 Å². The summed E-state index contributed by atoms with van der Waals surface area (Å²) in [7, 11) is 0. The maximum atomic E-state index is 12.1. The van der Waals surface area contributed by atoms with Gasteiger partial charge in [-0.25, -0.2) is 4.98 Å². The van der Waals surface area contributed by atoms with E-state index < -0.39 is 0 Å². The number of hydrogen-bond donors (Lipinski definition) is 1. The number of hydrogen-bond acceptors (Lipinski definition) is 2. The molecule has 0 aliphatic heterocycles. The van der Waals surface area contributed by atoms with Crippen molar-refractivity contribution in [1.82, 2.24) is 4.98 Å². The number of fused-ring (bicyclic) bond motifs is 1. The average molecular weight is 350 g/mol. The van der Waals surface area contributed by atoms with E-state index >= 15 is 0 Å². The third-order valence-corrected chi connectivity index (χ3v) is 3.79. The number of nitrogens with one attached hydrogen (secondary N) is 1. The largest absolute Gasteiger partial charge is 0.310 e. The van der Waals surface area contributed by atoms with Crippen molar-refractivity contribution in [3.63, 3.8) is 0 Å². The molecule has 0 saturated carbocycles. The molecule has 1 aliphatic rings. The third kappa shape index (κ3) is 2.12. The van der Waals surface area contributed by atoms with E-state index in [1.165, 1.54) is 5.56 Å². The van der Waals surface area contributed by atoms with E-state index in [0.717, 1.165) is 15.6 Å². The number of nitrogens with zero attached hydrogens (tertiary/aromatic N) is 1. The Bertz CT molecular complexity index is 595. The molecule has 1 aliphatic carbocycles. The Kier molecular flexibility index (Phi) is 3.03. The number of benzene rings is 1. The van der Waals surface area contributed by atoms with Gasteiger partial charge in [0.15, 0.2) is 0 Å². The predicted octanol–water partition coefficient (Wildman–Crippen LogP) is 2.96. The normalized spacial score (nSPS) is 16.6. The number of anilines is 1. The van der Waals surface area contributed by atoms with E-state index in [-0.39, 0.29) is 11.8 Å². The van der Waals surface area contributed by atoms with Crippen LogP contribution in [0.25, 0.3) is 0 Å². The van der Waals surface area contributed by atoms with Gasteiger partial charge in [-0.2, -0.15) is 0 Å². The highest BCUT2D eigenvalue weighted by Crippen LogP contribution is 2.35. The molecule has 3 nitrogen and oxygen atoms in total. The summed E-state index contributed by atoms with van der Waals surface area (Å²) in [6, 6.07) is 11.8. The first kappa shape index (κ1) is 11.6. The molecule has 0 spiro atoms. The second kappa shape index (κ2) is 4.68. The lowest BCUT2D eigenvalue weighted by Gasteiger charge is -2.28. The summed E-state index contributed by atoms with van der Waals surface area (Å²) in [6.07, 6.45) is 2.57. The number of aromatic nitrogens is 1. The third-order valence-electron chi connectivity index (χ3n) is 3.15. The van der Waals surface area contributed by atoms with Crippen LogP contribution in [0.2, 0.25) is 0 Å². The fraction of sp³-hybridized carbons (Fsp3) is 0.143. The van der Waals surface area contributed by atoms with Gasteiger partial charge in [0.25, 0.3) is 0 Å². The standard InChI is InChI=1S/C14H11IN2O/c15-10-5-6-13(16-8-10)17-14(18)12-7-9-3-1-2-4-11(9)12/h1-6,8,12H,7H2,(H,16,17,18). The molecule has 3 rings (SSSR count). The lowest BCUT2D eigenvalue weighted by Crippen LogP contribution is -2.30. The van der Waals surface area contributed by atoms with Crippen LogP contribution in [0.5, 0.6) is 0 Å². The van der Waals surface area contributed by atoms with Crippen LogP contribution in [0.15, 0.2) is 42.6 Å². The average Bonchev–Trinajstić information content (AvgIpc) is 2.34. The monoisotopic (exact) mass is 350 g/mol. The number of pyridine rings is 1. The molecular formula is C14H11IN2O. The van der Waals surface area contributed by atoms with Crippen LogP contribution >= 0.6 is 22.6 Å². The first-order valence-electron chi connectivity index (χ1n) is 5.74. The van der Waals surface area contributed by atoms with Crippen LogP contribution in [-0.2, 0) is 11.2 Å². The van der Waals surface area contributed by atoms with Gasteiger partial charge in [0.2, 0.25) is 5.91 Å². The highest BCUT2D eigenvalue weighted by Gasteiger charge is 2.31. The van der Waals surface area contributed by atoms with Crippen molar-refractivity contribution in [2.45, 2.75) is 12.3 Å². The van der Waals surface area contributed by atoms with Crippen molar-refractivity contribution in [2.24, 2.45) is 0 Å². The molecule has 1 aromatic heterocycles. The molecule has 1 N–H and O–H groups in total. The smallest absolute Gasteiger partial charge is 0.233 e. The topological polar surface area (TPSA) is 42.0 Å². The summed E-state index contributed by atoms with van der Waals surface area (Å²) in [5.41, 5.74) is 2.41. The van der Waals surface area contributed by atoms with Gasteiger partial charge in [0.1, 0.15) is 5.82 Å². The van der Waals surface area contributed by atoms with Crippen molar-refractivity contribution in [2.75, 3.05) is 5.32 Å². The van der Waals surface area contributed by atoms with Gasteiger partial charge in [-0.05, 0) is 52.3 Å². The Hall–Kier alpha value is -1.43. The van der Waals surface area contributed by atoms with Crippen LogP contribution in [0.3, 0.4) is 0 Å². The quantitative estimate of drug-likeness (QED) is 0.847. The number of carbonyl (C=O) groups is 1. The molecule has 2 aromatic rings. The minimum Gasteiger partial charge on any atom is -0.310 e. The molecule has 1 aromatic carbocycles. The molecule has 0 radical (unpaired) electrons. The Morgan fingerprint density at radius 3 is 2.83 bits per heavy atom. The summed E-state index contributed by atoms with van der Waals surface area (Å²) in [6.45, 7) is 0. The SMILES string of the molecule is O=C(Nc1ccc(I)cn1)C1Cc2ccccc21.